The Morgan fingerprint density at radius 1 is 1.06 bits per heavy atom. The molecule has 0 radical (unpaired) electrons. The summed E-state index contributed by atoms with van der Waals surface area (Å²) >= 11 is 13.9. The number of hydrogen-bond acceptors (Lipinski definition) is 3. The zero-order chi connectivity index (χ0) is 23.1. The van der Waals surface area contributed by atoms with E-state index in [2.05, 4.69) is 30.5 Å². The van der Waals surface area contributed by atoms with Crippen LogP contribution in [0.15, 0.2) is 53.9 Å². The van der Waals surface area contributed by atoms with Crippen LogP contribution in [0.1, 0.15) is 50.8 Å². The number of aryl methyl sites for hydroxylation is 1. The minimum absolute atomic E-state index is 0.0274. The highest BCUT2D eigenvalue weighted by Gasteiger charge is 2.38. The average Bonchev–Trinajstić information content (AvgIpc) is 3.54. The summed E-state index contributed by atoms with van der Waals surface area (Å²) in [5, 5.41) is 2.85. The Morgan fingerprint density at radius 3 is 2.58 bits per heavy atom. The van der Waals surface area contributed by atoms with Gasteiger partial charge in [0.2, 0.25) is 5.91 Å². The molecule has 2 aliphatic rings. The SMILES string of the molecule is Cc1ccccc1C1c2ccsc2CCN1C(=O)CN(C(=O)c1ccc(Cl)c(Cl)c1)C1CC1. The molecule has 1 fully saturated rings. The summed E-state index contributed by atoms with van der Waals surface area (Å²) in [6, 6.07) is 15.2. The van der Waals surface area contributed by atoms with Crippen molar-refractivity contribution in [2.75, 3.05) is 13.1 Å². The first-order chi connectivity index (χ1) is 15.9. The summed E-state index contributed by atoms with van der Waals surface area (Å²) in [6.45, 7) is 2.79. The lowest BCUT2D eigenvalue weighted by atomic mass is 9.90. The van der Waals surface area contributed by atoms with Crippen molar-refractivity contribution >= 4 is 46.4 Å². The van der Waals surface area contributed by atoms with Crippen molar-refractivity contribution in [2.24, 2.45) is 0 Å². The normalized spacial score (nSPS) is 17.5. The minimum atomic E-state index is -0.176. The molecule has 0 bridgehead atoms. The van der Waals surface area contributed by atoms with Gasteiger partial charge in [-0.05, 0) is 72.5 Å². The van der Waals surface area contributed by atoms with Gasteiger partial charge in [-0.2, -0.15) is 0 Å². The number of rotatable bonds is 5. The summed E-state index contributed by atoms with van der Waals surface area (Å²) in [5.41, 5.74) is 3.95. The second-order valence-corrected chi connectivity index (χ2v) is 10.5. The van der Waals surface area contributed by atoms with Gasteiger partial charge in [0.1, 0.15) is 6.54 Å². The Hall–Kier alpha value is -2.34. The summed E-state index contributed by atoms with van der Waals surface area (Å²) in [4.78, 5) is 32.0. The third-order valence-electron chi connectivity index (χ3n) is 6.49. The predicted molar refractivity (Wildman–Crippen MR) is 133 cm³/mol. The maximum Gasteiger partial charge on any atom is 0.254 e. The first-order valence-electron chi connectivity index (χ1n) is 11.1. The summed E-state index contributed by atoms with van der Waals surface area (Å²) < 4.78 is 0. The third-order valence-corrected chi connectivity index (χ3v) is 8.23. The lowest BCUT2D eigenvalue weighted by Crippen LogP contribution is -2.47. The van der Waals surface area contributed by atoms with Crippen LogP contribution in [-0.4, -0.2) is 40.7 Å². The molecule has 2 aromatic carbocycles. The fourth-order valence-electron chi connectivity index (χ4n) is 4.60. The van der Waals surface area contributed by atoms with Gasteiger partial charge in [0.15, 0.2) is 0 Å². The molecule has 2 heterocycles. The van der Waals surface area contributed by atoms with Gasteiger partial charge in [-0.25, -0.2) is 0 Å². The van der Waals surface area contributed by atoms with E-state index in [4.69, 9.17) is 23.2 Å². The quantitative estimate of drug-likeness (QED) is 0.423. The smallest absolute Gasteiger partial charge is 0.254 e. The van der Waals surface area contributed by atoms with Gasteiger partial charge in [-0.3, -0.25) is 9.59 Å². The van der Waals surface area contributed by atoms with Gasteiger partial charge in [-0.1, -0.05) is 47.5 Å². The van der Waals surface area contributed by atoms with E-state index in [1.807, 2.05) is 17.0 Å². The fraction of sp³-hybridized carbons (Fsp3) is 0.308. The molecule has 0 saturated heterocycles. The molecule has 2 amide bonds. The third kappa shape index (κ3) is 4.42. The Morgan fingerprint density at radius 2 is 1.85 bits per heavy atom. The molecule has 1 atom stereocenters. The lowest BCUT2D eigenvalue weighted by molar-refractivity contribution is -0.134. The zero-order valence-electron chi connectivity index (χ0n) is 18.3. The molecule has 0 N–H and O–H groups in total. The maximum atomic E-state index is 13.7. The Balaban J connectivity index is 1.44. The molecular formula is C26H24Cl2N2O2S. The number of fused-ring (bicyclic) bond motifs is 1. The predicted octanol–water partition coefficient (Wildman–Crippen LogP) is 6.14. The van der Waals surface area contributed by atoms with Gasteiger partial charge in [0.25, 0.3) is 5.91 Å². The van der Waals surface area contributed by atoms with Gasteiger partial charge in [0.05, 0.1) is 16.1 Å². The molecule has 33 heavy (non-hydrogen) atoms. The van der Waals surface area contributed by atoms with Crippen LogP contribution in [0.3, 0.4) is 0 Å². The highest BCUT2D eigenvalue weighted by molar-refractivity contribution is 7.10. The number of nitrogens with zero attached hydrogens (tertiary/aromatic N) is 2. The molecule has 7 heteroatoms. The molecule has 1 aliphatic carbocycles. The lowest BCUT2D eigenvalue weighted by Gasteiger charge is -2.38. The van der Waals surface area contributed by atoms with Crippen LogP contribution >= 0.6 is 34.5 Å². The van der Waals surface area contributed by atoms with E-state index in [1.165, 1.54) is 10.4 Å². The van der Waals surface area contributed by atoms with E-state index in [9.17, 15) is 9.59 Å². The van der Waals surface area contributed by atoms with Gasteiger partial charge < -0.3 is 9.80 Å². The van der Waals surface area contributed by atoms with Crippen molar-refractivity contribution in [1.82, 2.24) is 9.80 Å². The van der Waals surface area contributed by atoms with Crippen LogP contribution < -0.4 is 0 Å². The molecule has 3 aromatic rings. The Kier molecular flexibility index (Phi) is 6.21. The molecule has 4 nitrogen and oxygen atoms in total. The van der Waals surface area contributed by atoms with Gasteiger partial charge >= 0.3 is 0 Å². The minimum Gasteiger partial charge on any atom is -0.330 e. The van der Waals surface area contributed by atoms with Crippen LogP contribution in [0.25, 0.3) is 0 Å². The fourth-order valence-corrected chi connectivity index (χ4v) is 5.80. The number of halogens is 2. The first kappa shape index (κ1) is 22.5. The van der Waals surface area contributed by atoms with Crippen molar-refractivity contribution < 1.29 is 9.59 Å². The van der Waals surface area contributed by atoms with E-state index in [0.29, 0.717) is 22.2 Å². The Bertz CT molecular complexity index is 1220. The van der Waals surface area contributed by atoms with Crippen molar-refractivity contribution in [3.8, 4) is 0 Å². The second-order valence-electron chi connectivity index (χ2n) is 8.69. The highest BCUT2D eigenvalue weighted by Crippen LogP contribution is 2.39. The van der Waals surface area contributed by atoms with E-state index in [-0.39, 0.29) is 30.4 Å². The molecule has 1 aliphatic heterocycles. The highest BCUT2D eigenvalue weighted by atomic mass is 35.5. The zero-order valence-corrected chi connectivity index (χ0v) is 20.6. The Labute approximate surface area is 207 Å². The van der Waals surface area contributed by atoms with Crippen LogP contribution in [-0.2, 0) is 11.2 Å². The number of hydrogen-bond donors (Lipinski definition) is 0. The molecule has 1 unspecified atom stereocenters. The summed E-state index contributed by atoms with van der Waals surface area (Å²) in [6.07, 6.45) is 2.66. The van der Waals surface area contributed by atoms with Crippen LogP contribution in [0.2, 0.25) is 10.0 Å². The van der Waals surface area contributed by atoms with Gasteiger partial charge in [-0.15, -0.1) is 11.3 Å². The summed E-state index contributed by atoms with van der Waals surface area (Å²) in [5.74, 6) is -0.203. The van der Waals surface area contributed by atoms with E-state index in [0.717, 1.165) is 30.4 Å². The van der Waals surface area contributed by atoms with Crippen molar-refractivity contribution in [3.05, 3.63) is 91.1 Å². The van der Waals surface area contributed by atoms with Crippen molar-refractivity contribution in [2.45, 2.75) is 38.3 Å². The number of benzene rings is 2. The molecule has 1 saturated carbocycles. The monoisotopic (exact) mass is 498 g/mol. The number of carbonyl (C=O) groups excluding carboxylic acids is 2. The van der Waals surface area contributed by atoms with E-state index >= 15 is 0 Å². The van der Waals surface area contributed by atoms with Crippen LogP contribution in [0.4, 0.5) is 0 Å². The van der Waals surface area contributed by atoms with Crippen LogP contribution in [0, 0.1) is 6.92 Å². The van der Waals surface area contributed by atoms with Crippen LogP contribution in [0.5, 0.6) is 0 Å². The van der Waals surface area contributed by atoms with Crippen molar-refractivity contribution in [3.63, 3.8) is 0 Å². The van der Waals surface area contributed by atoms with Crippen molar-refractivity contribution in [1.29, 1.82) is 0 Å². The summed E-state index contributed by atoms with van der Waals surface area (Å²) in [7, 11) is 0. The molecule has 5 rings (SSSR count). The first-order valence-corrected chi connectivity index (χ1v) is 12.7. The second kappa shape index (κ2) is 9.13. The molecular weight excluding hydrogens is 475 g/mol. The number of thiophene rings is 1. The van der Waals surface area contributed by atoms with Gasteiger partial charge in [0, 0.05) is 23.0 Å². The number of amides is 2. The molecule has 0 spiro atoms. The topological polar surface area (TPSA) is 40.6 Å². The maximum absolute atomic E-state index is 13.7. The average molecular weight is 499 g/mol. The molecule has 170 valence electrons. The largest absolute Gasteiger partial charge is 0.330 e. The standard InChI is InChI=1S/C26H24Cl2N2O2S/c1-16-4-2-3-5-19(16)25-20-11-13-33-23(20)10-12-29(25)24(31)15-30(18-7-8-18)26(32)17-6-9-21(27)22(28)14-17/h2-6,9,11,13-14,18,25H,7-8,10,12,15H2,1H3. The number of carbonyl (C=O) groups is 2. The molecule has 1 aromatic heterocycles. The van der Waals surface area contributed by atoms with E-state index < -0.39 is 0 Å². The van der Waals surface area contributed by atoms with E-state index in [1.54, 1.807) is 34.4 Å².